The molecule has 342 valence electrons. The Morgan fingerprint density at radius 1 is 0.312 bits per heavy atom. The molecule has 0 amide bonds. The van der Waals surface area contributed by atoms with Crippen LogP contribution in [0.25, 0.3) is 54.9 Å². The van der Waals surface area contributed by atoms with Gasteiger partial charge in [0.2, 0.25) is 0 Å². The van der Waals surface area contributed by atoms with Gasteiger partial charge in [-0.1, -0.05) is 191 Å². The minimum atomic E-state index is 0.279. The van der Waals surface area contributed by atoms with Gasteiger partial charge in [0, 0.05) is 22.3 Å². The van der Waals surface area contributed by atoms with E-state index in [2.05, 4.69) is 126 Å². The van der Waals surface area contributed by atoms with Gasteiger partial charge in [-0.05, 0) is 155 Å². The van der Waals surface area contributed by atoms with Gasteiger partial charge in [-0.3, -0.25) is 0 Å². The molecule has 0 atom stereocenters. The van der Waals surface area contributed by atoms with E-state index in [4.69, 9.17) is 0 Å². The third kappa shape index (κ3) is 12.0. The van der Waals surface area contributed by atoms with Crippen LogP contribution in [-0.4, -0.2) is 10.2 Å². The maximum atomic E-state index is 13.3. The second-order valence-corrected chi connectivity index (χ2v) is 19.1. The number of hydrogen-bond acceptors (Lipinski definition) is 2. The number of aromatic hydroxyl groups is 2. The second kappa shape index (κ2) is 25.2. The Morgan fingerprint density at radius 3 is 0.891 bits per heavy atom. The third-order valence-electron chi connectivity index (χ3n) is 13.9. The maximum Gasteiger partial charge on any atom is 0.132 e. The molecule has 0 fully saturated rings. The summed E-state index contributed by atoms with van der Waals surface area (Å²) >= 11 is 0. The van der Waals surface area contributed by atoms with Gasteiger partial charge in [-0.25, -0.2) is 0 Å². The minimum absolute atomic E-state index is 0.279. The predicted octanol–water partition coefficient (Wildman–Crippen LogP) is 18.8. The van der Waals surface area contributed by atoms with E-state index in [1.165, 1.54) is 134 Å². The van der Waals surface area contributed by atoms with E-state index in [1.807, 2.05) is 0 Å². The topological polar surface area (TPSA) is 40.5 Å². The first-order valence-electron chi connectivity index (χ1n) is 26.2. The lowest BCUT2D eigenvalue weighted by Crippen LogP contribution is -2.03. The fourth-order valence-electron chi connectivity index (χ4n) is 10.4. The molecule has 2 nitrogen and oxygen atoms in total. The Labute approximate surface area is 389 Å². The van der Waals surface area contributed by atoms with Gasteiger partial charge in [0.15, 0.2) is 0 Å². The zero-order chi connectivity index (χ0) is 45.3. The molecule has 0 aliphatic carbocycles. The van der Waals surface area contributed by atoms with E-state index in [0.29, 0.717) is 0 Å². The minimum Gasteiger partial charge on any atom is -0.507 e. The van der Waals surface area contributed by atoms with Gasteiger partial charge in [-0.2, -0.15) is 0 Å². The molecule has 0 spiro atoms. The molecule has 0 saturated carbocycles. The molecule has 0 aliphatic rings. The van der Waals surface area contributed by atoms with Gasteiger partial charge < -0.3 is 10.2 Å². The van der Waals surface area contributed by atoms with Crippen LogP contribution >= 0.6 is 0 Å². The SMILES string of the molecule is CCCCCc1cc(CCCCC)c(-c2cc3ccccc3c(-c3c(O)c(-c4c(CCCCC)cc(CCCCC)cc4CCCCC)cc4ccccc34)c2O)c(CCCCC)c1. The summed E-state index contributed by atoms with van der Waals surface area (Å²) in [6, 6.07) is 31.5. The number of benzene rings is 6. The molecule has 0 saturated heterocycles. The van der Waals surface area contributed by atoms with E-state index in [-0.39, 0.29) is 11.5 Å². The molecular weight excluding hydrogens is 777 g/mol. The summed E-state index contributed by atoms with van der Waals surface area (Å²) in [5, 5.41) is 30.7. The number of unbranched alkanes of at least 4 members (excludes halogenated alkanes) is 12. The van der Waals surface area contributed by atoms with Gasteiger partial charge >= 0.3 is 0 Å². The van der Waals surface area contributed by atoms with Crippen molar-refractivity contribution < 1.29 is 10.2 Å². The first-order chi connectivity index (χ1) is 31.4. The summed E-state index contributed by atoms with van der Waals surface area (Å²) in [5.41, 5.74) is 14.0. The standard InChI is InChI=1S/C62H82O2/c1-7-13-19-29-45-39-49(33-21-15-9-3)57(50(40-45)34-22-16-10-4)55-43-47-31-25-27-37-53(47)59(61(55)63)60-54-38-28-26-32-48(54)44-56(62(60)64)58-51(35-23-17-11-5)41-46(30-20-14-8-2)42-52(58)36-24-18-12-6/h25-28,31-32,37-44,63-64H,7-24,29-30,33-36H2,1-6H3. The average molecular weight is 859 g/mol. The van der Waals surface area contributed by atoms with Crippen LogP contribution in [0.5, 0.6) is 11.5 Å². The summed E-state index contributed by atoms with van der Waals surface area (Å²) in [6.45, 7) is 13.7. The first kappa shape index (κ1) is 48.9. The van der Waals surface area contributed by atoms with E-state index in [0.717, 1.165) is 108 Å². The van der Waals surface area contributed by atoms with Crippen LogP contribution in [0, 0.1) is 0 Å². The summed E-state index contributed by atoms with van der Waals surface area (Å²) in [7, 11) is 0. The summed E-state index contributed by atoms with van der Waals surface area (Å²) in [5.74, 6) is 0.558. The Bertz CT molecular complexity index is 2170. The van der Waals surface area contributed by atoms with Crippen molar-refractivity contribution in [2.24, 2.45) is 0 Å². The zero-order valence-electron chi connectivity index (χ0n) is 40.9. The van der Waals surface area contributed by atoms with E-state index < -0.39 is 0 Å². The Hall–Kier alpha value is -4.56. The van der Waals surface area contributed by atoms with Gasteiger partial charge in [0.1, 0.15) is 11.5 Å². The van der Waals surface area contributed by atoms with Crippen molar-refractivity contribution in [1.29, 1.82) is 0 Å². The molecule has 6 aromatic rings. The summed E-state index contributed by atoms with van der Waals surface area (Å²) < 4.78 is 0. The lowest BCUT2D eigenvalue weighted by molar-refractivity contribution is 0.472. The van der Waals surface area contributed by atoms with Crippen LogP contribution < -0.4 is 0 Å². The lowest BCUT2D eigenvalue weighted by atomic mass is 9.81. The highest BCUT2D eigenvalue weighted by Gasteiger charge is 2.27. The van der Waals surface area contributed by atoms with Crippen molar-refractivity contribution in [3.05, 3.63) is 118 Å². The number of aryl methyl sites for hydroxylation is 6. The summed E-state index contributed by atoms with van der Waals surface area (Å²) in [6.07, 6.45) is 27.4. The number of fused-ring (bicyclic) bond motifs is 2. The molecule has 6 aromatic carbocycles. The van der Waals surface area contributed by atoms with Gasteiger partial charge in [-0.15, -0.1) is 0 Å². The van der Waals surface area contributed by atoms with Crippen molar-refractivity contribution in [2.75, 3.05) is 0 Å². The average Bonchev–Trinajstić information content (AvgIpc) is 3.30. The molecule has 0 aromatic heterocycles. The van der Waals surface area contributed by atoms with Crippen LogP contribution in [0.2, 0.25) is 0 Å². The molecule has 0 aliphatic heterocycles. The van der Waals surface area contributed by atoms with E-state index in [1.54, 1.807) is 0 Å². The second-order valence-electron chi connectivity index (χ2n) is 19.1. The van der Waals surface area contributed by atoms with Crippen molar-refractivity contribution in [2.45, 2.75) is 196 Å². The van der Waals surface area contributed by atoms with Crippen molar-refractivity contribution in [1.82, 2.24) is 0 Å². The van der Waals surface area contributed by atoms with Gasteiger partial charge in [0.05, 0.1) is 0 Å². The van der Waals surface area contributed by atoms with Crippen LogP contribution in [0.15, 0.2) is 84.9 Å². The molecule has 0 radical (unpaired) electrons. The maximum absolute atomic E-state index is 13.3. The molecule has 2 N–H and O–H groups in total. The largest absolute Gasteiger partial charge is 0.507 e. The molecule has 6 rings (SSSR count). The first-order valence-corrected chi connectivity index (χ1v) is 26.2. The predicted molar refractivity (Wildman–Crippen MR) is 280 cm³/mol. The number of phenolic OH excluding ortho intramolecular Hbond substituents is 2. The zero-order valence-corrected chi connectivity index (χ0v) is 40.9. The number of hydrogen-bond donors (Lipinski definition) is 2. The van der Waals surface area contributed by atoms with E-state index >= 15 is 0 Å². The highest BCUT2D eigenvalue weighted by atomic mass is 16.3. The summed E-state index contributed by atoms with van der Waals surface area (Å²) in [4.78, 5) is 0. The Balaban J connectivity index is 1.68. The molecule has 0 heterocycles. The third-order valence-corrected chi connectivity index (χ3v) is 13.9. The van der Waals surface area contributed by atoms with Crippen molar-refractivity contribution >= 4 is 21.5 Å². The monoisotopic (exact) mass is 859 g/mol. The number of rotatable bonds is 27. The highest BCUT2D eigenvalue weighted by Crippen LogP contribution is 2.53. The molecule has 2 heteroatoms. The smallest absolute Gasteiger partial charge is 0.132 e. The molecule has 0 unspecified atom stereocenters. The highest BCUT2D eigenvalue weighted by molar-refractivity contribution is 6.14. The van der Waals surface area contributed by atoms with Crippen LogP contribution in [0.1, 0.15) is 190 Å². The van der Waals surface area contributed by atoms with Crippen LogP contribution in [0.3, 0.4) is 0 Å². The molecular formula is C62H82O2. The molecule has 0 bridgehead atoms. The molecule has 64 heavy (non-hydrogen) atoms. The lowest BCUT2D eigenvalue weighted by Gasteiger charge is -2.24. The van der Waals surface area contributed by atoms with Crippen molar-refractivity contribution in [3.63, 3.8) is 0 Å². The fraction of sp³-hybridized carbons (Fsp3) is 0.484. The van der Waals surface area contributed by atoms with Crippen LogP contribution in [0.4, 0.5) is 0 Å². The Kier molecular flexibility index (Phi) is 19.3. The van der Waals surface area contributed by atoms with Crippen LogP contribution in [-0.2, 0) is 38.5 Å². The fourth-order valence-corrected chi connectivity index (χ4v) is 10.4. The quantitative estimate of drug-likeness (QED) is 0.0507. The number of phenols is 2. The normalized spacial score (nSPS) is 11.7. The van der Waals surface area contributed by atoms with Crippen molar-refractivity contribution in [3.8, 4) is 44.9 Å². The van der Waals surface area contributed by atoms with Gasteiger partial charge in [0.25, 0.3) is 0 Å². The van der Waals surface area contributed by atoms with E-state index in [9.17, 15) is 10.2 Å². The Morgan fingerprint density at radius 2 is 0.594 bits per heavy atom.